The predicted molar refractivity (Wildman–Crippen MR) is 83.4 cm³/mol. The highest BCUT2D eigenvalue weighted by molar-refractivity contribution is 8.22. The molecule has 118 valence electrons. The summed E-state index contributed by atoms with van der Waals surface area (Å²) in [6.07, 6.45) is 0.122. The van der Waals surface area contributed by atoms with Gasteiger partial charge >= 0.3 is 5.97 Å². The molecule has 0 aromatic rings. The highest BCUT2D eigenvalue weighted by Crippen LogP contribution is 2.53. The predicted octanol–water partition coefficient (Wildman–Crippen LogP) is 0.870. The van der Waals surface area contributed by atoms with E-state index in [1.807, 2.05) is 0 Å². The molecule has 2 aliphatic heterocycles. The number of carbonyl (C=O) groups excluding carboxylic acids is 1. The minimum atomic E-state index is -1.09. The summed E-state index contributed by atoms with van der Waals surface area (Å²) in [5.74, 6) is -0.741. The SMILES string of the molecule is CC(CCN)CSC1=C(C(=O)O)N2C(=O)C(C(C)O)[C@H]2S1. The first-order chi connectivity index (χ1) is 9.88. The number of carboxylic acid groups (broad SMARTS) is 1. The van der Waals surface area contributed by atoms with Crippen molar-refractivity contribution < 1.29 is 19.8 Å². The maximum Gasteiger partial charge on any atom is 0.354 e. The average Bonchev–Trinajstić information content (AvgIpc) is 2.70. The second-order valence-electron chi connectivity index (χ2n) is 5.42. The molecular formula is C13H20N2O4S2. The van der Waals surface area contributed by atoms with Crippen LogP contribution in [-0.2, 0) is 9.59 Å². The van der Waals surface area contributed by atoms with Gasteiger partial charge in [0, 0.05) is 5.75 Å². The number of aliphatic hydroxyl groups excluding tert-OH is 1. The summed E-state index contributed by atoms with van der Waals surface area (Å²) in [5, 5.41) is 18.7. The molecule has 0 saturated carbocycles. The summed E-state index contributed by atoms with van der Waals surface area (Å²) in [5.41, 5.74) is 5.58. The van der Waals surface area contributed by atoms with Gasteiger partial charge in [-0.15, -0.1) is 11.8 Å². The van der Waals surface area contributed by atoms with E-state index in [9.17, 15) is 19.8 Å². The summed E-state index contributed by atoms with van der Waals surface area (Å²) in [6, 6.07) is 0. The first kappa shape index (κ1) is 16.7. The molecule has 0 radical (unpaired) electrons. The Morgan fingerprint density at radius 1 is 1.52 bits per heavy atom. The second kappa shape index (κ2) is 6.60. The lowest BCUT2D eigenvalue weighted by atomic mass is 9.92. The maximum absolute atomic E-state index is 12.0. The topological polar surface area (TPSA) is 104 Å². The van der Waals surface area contributed by atoms with Crippen molar-refractivity contribution in [3.63, 3.8) is 0 Å². The van der Waals surface area contributed by atoms with E-state index in [1.54, 1.807) is 6.92 Å². The van der Waals surface area contributed by atoms with Crippen LogP contribution in [0.5, 0.6) is 0 Å². The summed E-state index contributed by atoms with van der Waals surface area (Å²) in [6.45, 7) is 4.24. The van der Waals surface area contributed by atoms with Crippen LogP contribution in [0, 0.1) is 11.8 Å². The number of aliphatic hydroxyl groups is 1. The Kier molecular flexibility index (Phi) is 5.24. The second-order valence-corrected chi connectivity index (χ2v) is 7.83. The molecule has 0 aliphatic carbocycles. The van der Waals surface area contributed by atoms with Crippen LogP contribution < -0.4 is 5.73 Å². The third-order valence-corrected chi connectivity index (χ3v) is 6.61. The highest BCUT2D eigenvalue weighted by Gasteiger charge is 2.57. The molecule has 1 saturated heterocycles. The molecule has 0 spiro atoms. The van der Waals surface area contributed by atoms with E-state index in [4.69, 9.17) is 5.73 Å². The third-order valence-electron chi connectivity index (χ3n) is 3.63. The van der Waals surface area contributed by atoms with E-state index in [-0.39, 0.29) is 17.0 Å². The molecule has 2 rings (SSSR count). The zero-order valence-corrected chi connectivity index (χ0v) is 13.6. The largest absolute Gasteiger partial charge is 0.477 e. The number of amides is 1. The Morgan fingerprint density at radius 3 is 2.71 bits per heavy atom. The average molecular weight is 332 g/mol. The van der Waals surface area contributed by atoms with Gasteiger partial charge in [0.25, 0.3) is 0 Å². The Balaban J connectivity index is 2.10. The van der Waals surface area contributed by atoms with Crippen molar-refractivity contribution in [1.82, 2.24) is 4.90 Å². The van der Waals surface area contributed by atoms with E-state index < -0.39 is 18.0 Å². The van der Waals surface area contributed by atoms with Crippen molar-refractivity contribution in [2.24, 2.45) is 17.6 Å². The fraction of sp³-hybridized carbons (Fsp3) is 0.692. The van der Waals surface area contributed by atoms with Crippen LogP contribution in [0.3, 0.4) is 0 Å². The summed E-state index contributed by atoms with van der Waals surface area (Å²) < 4.78 is 0.660. The Bertz CT molecular complexity index is 481. The van der Waals surface area contributed by atoms with E-state index in [1.165, 1.54) is 28.4 Å². The lowest BCUT2D eigenvalue weighted by Crippen LogP contribution is -2.60. The lowest BCUT2D eigenvalue weighted by molar-refractivity contribution is -0.156. The van der Waals surface area contributed by atoms with Gasteiger partial charge in [-0.05, 0) is 25.8 Å². The van der Waals surface area contributed by atoms with Gasteiger partial charge in [0.2, 0.25) is 5.91 Å². The van der Waals surface area contributed by atoms with E-state index >= 15 is 0 Å². The van der Waals surface area contributed by atoms with Gasteiger partial charge < -0.3 is 15.9 Å². The lowest BCUT2D eigenvalue weighted by Gasteiger charge is -2.43. The highest BCUT2D eigenvalue weighted by atomic mass is 32.2. The van der Waals surface area contributed by atoms with E-state index in [0.717, 1.165) is 12.2 Å². The summed E-state index contributed by atoms with van der Waals surface area (Å²) >= 11 is 2.84. The van der Waals surface area contributed by atoms with Crippen LogP contribution in [0.1, 0.15) is 20.3 Å². The summed E-state index contributed by atoms with van der Waals surface area (Å²) in [4.78, 5) is 24.8. The minimum Gasteiger partial charge on any atom is -0.477 e. The number of carbonyl (C=O) groups is 2. The molecule has 21 heavy (non-hydrogen) atoms. The number of thioether (sulfide) groups is 2. The van der Waals surface area contributed by atoms with Crippen molar-refractivity contribution in [2.75, 3.05) is 12.3 Å². The normalized spacial score (nSPS) is 27.4. The van der Waals surface area contributed by atoms with Crippen LogP contribution in [0.25, 0.3) is 0 Å². The molecule has 1 amide bonds. The molecule has 4 atom stereocenters. The van der Waals surface area contributed by atoms with Crippen molar-refractivity contribution in [3.05, 3.63) is 9.93 Å². The van der Waals surface area contributed by atoms with Crippen LogP contribution >= 0.6 is 23.5 Å². The molecule has 6 nitrogen and oxygen atoms in total. The molecule has 0 aromatic carbocycles. The van der Waals surface area contributed by atoms with Crippen LogP contribution in [0.4, 0.5) is 0 Å². The first-order valence-electron chi connectivity index (χ1n) is 6.86. The number of carboxylic acids is 1. The van der Waals surface area contributed by atoms with Gasteiger partial charge in [0.1, 0.15) is 5.37 Å². The molecule has 4 N–H and O–H groups in total. The van der Waals surface area contributed by atoms with Gasteiger partial charge in [0.05, 0.1) is 16.3 Å². The van der Waals surface area contributed by atoms with Crippen molar-refractivity contribution >= 4 is 35.4 Å². The number of β-lactam (4-membered cyclic amide) rings is 1. The molecule has 2 aliphatic rings. The third kappa shape index (κ3) is 3.08. The fourth-order valence-corrected chi connectivity index (χ4v) is 5.46. The number of rotatable bonds is 7. The smallest absolute Gasteiger partial charge is 0.354 e. The van der Waals surface area contributed by atoms with Crippen molar-refractivity contribution in [2.45, 2.75) is 31.7 Å². The quantitative estimate of drug-likeness (QED) is 0.594. The minimum absolute atomic E-state index is 0.0665. The number of nitrogens with zero attached hydrogens (tertiary/aromatic N) is 1. The molecule has 2 heterocycles. The van der Waals surface area contributed by atoms with Crippen LogP contribution in [-0.4, -0.2) is 50.8 Å². The molecule has 0 aromatic heterocycles. The Morgan fingerprint density at radius 2 is 2.19 bits per heavy atom. The number of hydrogen-bond acceptors (Lipinski definition) is 6. The fourth-order valence-electron chi connectivity index (χ4n) is 2.44. The monoisotopic (exact) mass is 332 g/mol. The Hall–Kier alpha value is -0.700. The number of hydrogen-bond donors (Lipinski definition) is 3. The zero-order valence-electron chi connectivity index (χ0n) is 12.0. The van der Waals surface area contributed by atoms with E-state index in [0.29, 0.717) is 16.7 Å². The molecule has 0 bridgehead atoms. The van der Waals surface area contributed by atoms with Gasteiger partial charge in [-0.25, -0.2) is 4.79 Å². The number of nitrogens with two attached hydrogens (primary N) is 1. The van der Waals surface area contributed by atoms with Gasteiger partial charge in [-0.3, -0.25) is 9.69 Å². The standard InChI is InChI=1S/C13H20N2O4S2/c1-6(3-4-14)5-20-13-9(12(18)19)15-10(17)8(7(2)16)11(15)21-13/h6-8,11,16H,3-5,14H2,1-2H3,(H,18,19)/t6?,7?,8?,11-/m1/s1. The van der Waals surface area contributed by atoms with Crippen LogP contribution in [0.2, 0.25) is 0 Å². The summed E-state index contributed by atoms with van der Waals surface area (Å²) in [7, 11) is 0. The molecule has 1 fully saturated rings. The Labute approximate surface area is 132 Å². The number of aliphatic carboxylic acids is 1. The van der Waals surface area contributed by atoms with Crippen LogP contribution in [0.15, 0.2) is 9.93 Å². The number of fused-ring (bicyclic) bond motifs is 1. The molecular weight excluding hydrogens is 312 g/mol. The first-order valence-corrected chi connectivity index (χ1v) is 8.73. The van der Waals surface area contributed by atoms with Crippen molar-refractivity contribution in [1.29, 1.82) is 0 Å². The maximum atomic E-state index is 12.0. The van der Waals surface area contributed by atoms with Gasteiger partial charge in [0.15, 0.2) is 5.70 Å². The van der Waals surface area contributed by atoms with E-state index in [2.05, 4.69) is 6.92 Å². The van der Waals surface area contributed by atoms with Gasteiger partial charge in [-0.2, -0.15) is 0 Å². The van der Waals surface area contributed by atoms with Crippen molar-refractivity contribution in [3.8, 4) is 0 Å². The van der Waals surface area contributed by atoms with Gasteiger partial charge in [-0.1, -0.05) is 18.7 Å². The zero-order chi connectivity index (χ0) is 15.7. The molecule has 8 heteroatoms. The molecule has 3 unspecified atom stereocenters.